The van der Waals surface area contributed by atoms with Crippen LogP contribution in [0, 0.1) is 6.92 Å². The van der Waals surface area contributed by atoms with Gasteiger partial charge in [0.05, 0.1) is 23.8 Å². The van der Waals surface area contributed by atoms with E-state index in [0.717, 1.165) is 17.0 Å². The molecular formula is C23H26N2O5S. The van der Waals surface area contributed by atoms with Crippen molar-refractivity contribution in [2.75, 3.05) is 24.7 Å². The van der Waals surface area contributed by atoms with Crippen LogP contribution in [-0.2, 0) is 16.4 Å². The summed E-state index contributed by atoms with van der Waals surface area (Å²) < 4.78 is 35.6. The van der Waals surface area contributed by atoms with Gasteiger partial charge in [-0.25, -0.2) is 13.4 Å². The third-order valence-corrected chi connectivity index (χ3v) is 7.17. The minimum atomic E-state index is -3.01. The lowest BCUT2D eigenvalue weighted by molar-refractivity contribution is 0.152. The van der Waals surface area contributed by atoms with Crippen LogP contribution >= 0.6 is 0 Å². The fourth-order valence-corrected chi connectivity index (χ4v) is 5.55. The quantitative estimate of drug-likeness (QED) is 0.571. The number of aliphatic hydroxyl groups excluding tert-OH is 1. The highest BCUT2D eigenvalue weighted by atomic mass is 32.2. The Balaban J connectivity index is 1.52. The molecule has 0 radical (unpaired) electrons. The predicted octanol–water partition coefficient (Wildman–Crippen LogP) is 3.42. The summed E-state index contributed by atoms with van der Waals surface area (Å²) in [4.78, 5) is 6.64. The Labute approximate surface area is 182 Å². The van der Waals surface area contributed by atoms with E-state index in [1.54, 1.807) is 0 Å². The Morgan fingerprint density at radius 2 is 1.94 bits per heavy atom. The van der Waals surface area contributed by atoms with Crippen LogP contribution in [0.2, 0.25) is 0 Å². The Hall–Kier alpha value is -2.68. The molecule has 1 N–H and O–H groups in total. The first kappa shape index (κ1) is 21.5. The maximum atomic E-state index is 11.9. The number of nitrogens with zero attached hydrogens (tertiary/aromatic N) is 2. The third-order valence-electron chi connectivity index (χ3n) is 5.42. The topological polar surface area (TPSA) is 92.9 Å². The second-order valence-electron chi connectivity index (χ2n) is 7.72. The van der Waals surface area contributed by atoms with Crippen molar-refractivity contribution < 1.29 is 22.7 Å². The Kier molecular flexibility index (Phi) is 6.41. The summed E-state index contributed by atoms with van der Waals surface area (Å²) in [5.74, 6) is 2.89. The number of aromatic nitrogens is 1. The molecule has 0 amide bonds. The molecule has 1 fully saturated rings. The molecule has 1 aromatic heterocycles. The minimum Gasteiger partial charge on any atom is -0.457 e. The highest BCUT2D eigenvalue weighted by molar-refractivity contribution is 7.91. The molecule has 0 spiro atoms. The molecule has 1 atom stereocenters. The van der Waals surface area contributed by atoms with Crippen molar-refractivity contribution in [2.45, 2.75) is 25.9 Å². The molecule has 0 saturated carbocycles. The second-order valence-corrected chi connectivity index (χ2v) is 9.94. The van der Waals surface area contributed by atoms with Gasteiger partial charge in [-0.3, -0.25) is 4.90 Å². The molecule has 2 heterocycles. The smallest absolute Gasteiger partial charge is 0.226 e. The number of rotatable bonds is 8. The number of oxazole rings is 1. The molecule has 1 saturated heterocycles. The van der Waals surface area contributed by atoms with Crippen LogP contribution in [-0.4, -0.2) is 54.1 Å². The molecule has 164 valence electrons. The van der Waals surface area contributed by atoms with Crippen molar-refractivity contribution >= 4 is 9.84 Å². The first-order valence-electron chi connectivity index (χ1n) is 10.3. The molecule has 7 nitrogen and oxygen atoms in total. The molecule has 0 aliphatic carbocycles. The van der Waals surface area contributed by atoms with Crippen LogP contribution in [0.5, 0.6) is 11.5 Å². The fourth-order valence-electron chi connectivity index (χ4n) is 3.79. The molecular weight excluding hydrogens is 416 g/mol. The highest BCUT2D eigenvalue weighted by Crippen LogP contribution is 2.29. The monoisotopic (exact) mass is 442 g/mol. The van der Waals surface area contributed by atoms with Crippen molar-refractivity contribution in [1.29, 1.82) is 0 Å². The Morgan fingerprint density at radius 3 is 2.65 bits per heavy atom. The zero-order valence-electron chi connectivity index (χ0n) is 17.4. The van der Waals surface area contributed by atoms with Crippen LogP contribution in [0.15, 0.2) is 59.0 Å². The lowest BCUT2D eigenvalue weighted by Crippen LogP contribution is -2.38. The molecule has 1 aliphatic heterocycles. The minimum absolute atomic E-state index is 0.0425. The van der Waals surface area contributed by atoms with Crippen molar-refractivity contribution in [3.05, 3.63) is 66.1 Å². The lowest BCUT2D eigenvalue weighted by atomic mass is 10.2. The maximum absolute atomic E-state index is 11.9. The van der Waals surface area contributed by atoms with Crippen LogP contribution in [0.4, 0.5) is 0 Å². The van der Waals surface area contributed by atoms with Gasteiger partial charge in [-0.2, -0.15) is 0 Å². The van der Waals surface area contributed by atoms with E-state index >= 15 is 0 Å². The summed E-state index contributed by atoms with van der Waals surface area (Å²) in [6.45, 7) is 2.62. The van der Waals surface area contributed by atoms with Gasteiger partial charge in [-0.1, -0.05) is 24.3 Å². The summed E-state index contributed by atoms with van der Waals surface area (Å²) in [6, 6.07) is 17.0. The van der Waals surface area contributed by atoms with E-state index in [1.165, 1.54) is 0 Å². The van der Waals surface area contributed by atoms with E-state index in [-0.39, 0.29) is 24.2 Å². The SMILES string of the molecule is Cc1oc(-c2cccc(Oc3ccccc3)c2)nc1CN(CCO)[C@@H]1CCS(=O)(=O)C1. The summed E-state index contributed by atoms with van der Waals surface area (Å²) in [7, 11) is -3.01. The molecule has 8 heteroatoms. The van der Waals surface area contributed by atoms with Gasteiger partial charge in [0.15, 0.2) is 9.84 Å². The van der Waals surface area contributed by atoms with Gasteiger partial charge in [0.2, 0.25) is 5.89 Å². The van der Waals surface area contributed by atoms with Gasteiger partial charge in [-0.05, 0) is 43.7 Å². The van der Waals surface area contributed by atoms with Crippen LogP contribution in [0.3, 0.4) is 0 Å². The zero-order chi connectivity index (χ0) is 21.8. The number of sulfone groups is 1. The number of hydrogen-bond acceptors (Lipinski definition) is 7. The first-order chi connectivity index (χ1) is 14.9. The average Bonchev–Trinajstić information content (AvgIpc) is 3.30. The van der Waals surface area contributed by atoms with Gasteiger partial charge in [0, 0.05) is 24.7 Å². The maximum Gasteiger partial charge on any atom is 0.226 e. The largest absolute Gasteiger partial charge is 0.457 e. The lowest BCUT2D eigenvalue weighted by Gasteiger charge is -2.26. The number of para-hydroxylation sites is 1. The number of ether oxygens (including phenoxy) is 1. The predicted molar refractivity (Wildman–Crippen MR) is 118 cm³/mol. The Morgan fingerprint density at radius 1 is 1.16 bits per heavy atom. The van der Waals surface area contributed by atoms with Crippen LogP contribution in [0.25, 0.3) is 11.5 Å². The number of aryl methyl sites for hydroxylation is 1. The van der Waals surface area contributed by atoms with Crippen molar-refractivity contribution in [3.8, 4) is 23.0 Å². The van der Waals surface area contributed by atoms with Crippen molar-refractivity contribution in [3.63, 3.8) is 0 Å². The van der Waals surface area contributed by atoms with E-state index in [0.29, 0.717) is 36.9 Å². The molecule has 3 aromatic rings. The van der Waals surface area contributed by atoms with Crippen molar-refractivity contribution in [2.24, 2.45) is 0 Å². The number of benzene rings is 2. The van der Waals surface area contributed by atoms with E-state index in [9.17, 15) is 13.5 Å². The highest BCUT2D eigenvalue weighted by Gasteiger charge is 2.32. The summed E-state index contributed by atoms with van der Waals surface area (Å²) in [5.41, 5.74) is 1.53. The molecule has 0 bridgehead atoms. The second kappa shape index (κ2) is 9.21. The van der Waals surface area contributed by atoms with E-state index in [2.05, 4.69) is 4.98 Å². The summed E-state index contributed by atoms with van der Waals surface area (Å²) in [6.07, 6.45) is 0.574. The summed E-state index contributed by atoms with van der Waals surface area (Å²) >= 11 is 0. The van der Waals surface area contributed by atoms with Gasteiger partial charge in [0.1, 0.15) is 17.3 Å². The molecule has 2 aromatic carbocycles. The average molecular weight is 443 g/mol. The van der Waals surface area contributed by atoms with Crippen molar-refractivity contribution in [1.82, 2.24) is 9.88 Å². The zero-order valence-corrected chi connectivity index (χ0v) is 18.2. The number of hydrogen-bond donors (Lipinski definition) is 1. The molecule has 31 heavy (non-hydrogen) atoms. The first-order valence-corrected chi connectivity index (χ1v) is 12.1. The van der Waals surface area contributed by atoms with E-state index in [4.69, 9.17) is 9.15 Å². The normalized spacial score (nSPS) is 17.8. The van der Waals surface area contributed by atoms with Gasteiger partial charge in [-0.15, -0.1) is 0 Å². The van der Waals surface area contributed by atoms with Gasteiger partial charge in [0.25, 0.3) is 0 Å². The summed E-state index contributed by atoms with van der Waals surface area (Å²) in [5, 5.41) is 9.46. The number of aliphatic hydroxyl groups is 1. The Bertz CT molecular complexity index is 1130. The standard InChI is InChI=1S/C23H26N2O5S/c1-17-22(15-25(11-12-26)19-10-13-31(27,28)16-19)24-23(29-17)18-6-5-9-21(14-18)30-20-7-3-2-4-8-20/h2-9,14,19,26H,10-13,15-16H2,1H3/t19-/m1/s1. The van der Waals surface area contributed by atoms with Gasteiger partial charge >= 0.3 is 0 Å². The fraction of sp³-hybridized carbons (Fsp3) is 0.348. The molecule has 4 rings (SSSR count). The van der Waals surface area contributed by atoms with Crippen LogP contribution < -0.4 is 4.74 Å². The van der Waals surface area contributed by atoms with E-state index < -0.39 is 9.84 Å². The molecule has 1 aliphatic rings. The van der Waals surface area contributed by atoms with E-state index in [1.807, 2.05) is 66.4 Å². The molecule has 0 unspecified atom stereocenters. The van der Waals surface area contributed by atoms with Crippen LogP contribution in [0.1, 0.15) is 17.9 Å². The van der Waals surface area contributed by atoms with Gasteiger partial charge < -0.3 is 14.3 Å². The third kappa shape index (κ3) is 5.33.